The van der Waals surface area contributed by atoms with Gasteiger partial charge in [0.1, 0.15) is 11.8 Å². The molecule has 1 aliphatic heterocycles. The van der Waals surface area contributed by atoms with Gasteiger partial charge in [0, 0.05) is 34.3 Å². The van der Waals surface area contributed by atoms with Crippen molar-refractivity contribution in [1.82, 2.24) is 20.1 Å². The van der Waals surface area contributed by atoms with Crippen LogP contribution in [-0.2, 0) is 0 Å². The quantitative estimate of drug-likeness (QED) is 0.389. The van der Waals surface area contributed by atoms with Crippen molar-refractivity contribution in [3.63, 3.8) is 0 Å². The summed E-state index contributed by atoms with van der Waals surface area (Å²) in [4.78, 5) is 30.9. The molecule has 0 atom stereocenters. The highest BCUT2D eigenvalue weighted by Gasteiger charge is 2.27. The lowest BCUT2D eigenvalue weighted by Crippen LogP contribution is -2.41. The maximum Gasteiger partial charge on any atom is 0.274 e. The van der Waals surface area contributed by atoms with E-state index >= 15 is 0 Å². The Morgan fingerprint density at radius 1 is 1.08 bits per heavy atom. The van der Waals surface area contributed by atoms with Crippen molar-refractivity contribution in [2.45, 2.75) is 39.3 Å². The second kappa shape index (κ2) is 10.5. The molecule has 1 aromatic carbocycles. The van der Waals surface area contributed by atoms with Crippen molar-refractivity contribution in [1.29, 1.82) is 0 Å². The third kappa shape index (κ3) is 6.08. The van der Waals surface area contributed by atoms with Crippen molar-refractivity contribution in [3.05, 3.63) is 62.4 Å². The van der Waals surface area contributed by atoms with E-state index in [1.807, 2.05) is 20.8 Å². The molecule has 3 aromatic rings. The highest BCUT2D eigenvalue weighted by Crippen LogP contribution is 2.30. The number of pyridine rings is 1. The SMILES string of the molecule is Cc1cc(Cl)cc(C(=O)NC(C)(C)C)c1NC(=O)c1cc(OC2CSC2)nn1-c1ncc(Cl)cc1Cl. The van der Waals surface area contributed by atoms with Gasteiger partial charge in [-0.25, -0.2) is 9.67 Å². The minimum Gasteiger partial charge on any atom is -0.472 e. The fourth-order valence-electron chi connectivity index (χ4n) is 3.43. The van der Waals surface area contributed by atoms with Crippen LogP contribution in [0, 0.1) is 6.92 Å². The average molecular weight is 569 g/mol. The number of hydrogen-bond acceptors (Lipinski definition) is 6. The number of nitrogens with one attached hydrogen (secondary N) is 2. The molecule has 36 heavy (non-hydrogen) atoms. The number of thioether (sulfide) groups is 1. The summed E-state index contributed by atoms with van der Waals surface area (Å²) < 4.78 is 7.20. The monoisotopic (exact) mass is 567 g/mol. The van der Waals surface area contributed by atoms with Crippen LogP contribution in [0.3, 0.4) is 0 Å². The summed E-state index contributed by atoms with van der Waals surface area (Å²) >= 11 is 20.4. The van der Waals surface area contributed by atoms with Crippen molar-refractivity contribution in [2.24, 2.45) is 0 Å². The summed E-state index contributed by atoms with van der Waals surface area (Å²) in [5, 5.41) is 11.1. The van der Waals surface area contributed by atoms with Crippen LogP contribution in [0.5, 0.6) is 5.88 Å². The fraction of sp³-hybridized carbons (Fsp3) is 0.333. The van der Waals surface area contributed by atoms with Gasteiger partial charge in [0.05, 0.1) is 21.3 Å². The van der Waals surface area contributed by atoms with Gasteiger partial charge < -0.3 is 15.4 Å². The Morgan fingerprint density at radius 2 is 1.81 bits per heavy atom. The van der Waals surface area contributed by atoms with Gasteiger partial charge in [0.15, 0.2) is 5.82 Å². The minimum absolute atomic E-state index is 0.00844. The van der Waals surface area contributed by atoms with E-state index in [1.165, 1.54) is 29.1 Å². The van der Waals surface area contributed by atoms with Crippen LogP contribution >= 0.6 is 46.6 Å². The van der Waals surface area contributed by atoms with Crippen LogP contribution in [-0.4, -0.2) is 49.7 Å². The first-order chi connectivity index (χ1) is 16.9. The van der Waals surface area contributed by atoms with Gasteiger partial charge in [0.25, 0.3) is 11.8 Å². The van der Waals surface area contributed by atoms with Gasteiger partial charge >= 0.3 is 0 Å². The average Bonchev–Trinajstić information content (AvgIpc) is 3.15. The zero-order valence-electron chi connectivity index (χ0n) is 20.0. The summed E-state index contributed by atoms with van der Waals surface area (Å²) in [6.07, 6.45) is 1.42. The Kier molecular flexibility index (Phi) is 7.75. The summed E-state index contributed by atoms with van der Waals surface area (Å²) in [6, 6.07) is 6.22. The van der Waals surface area contributed by atoms with E-state index < -0.39 is 11.4 Å². The maximum absolute atomic E-state index is 13.6. The fourth-order valence-corrected chi connectivity index (χ4v) is 4.73. The molecule has 0 aliphatic carbocycles. The molecule has 12 heteroatoms. The number of carbonyl (C=O) groups is 2. The Bertz CT molecular complexity index is 1340. The van der Waals surface area contributed by atoms with E-state index in [2.05, 4.69) is 20.7 Å². The molecule has 4 rings (SSSR count). The largest absolute Gasteiger partial charge is 0.472 e. The highest BCUT2D eigenvalue weighted by atomic mass is 35.5. The number of ether oxygens (including phenoxy) is 1. The number of hydrogen-bond donors (Lipinski definition) is 2. The zero-order valence-corrected chi connectivity index (χ0v) is 23.1. The molecule has 0 unspecified atom stereocenters. The molecule has 0 spiro atoms. The van der Waals surface area contributed by atoms with E-state index in [-0.39, 0.29) is 40.0 Å². The molecule has 1 saturated heterocycles. The molecular weight excluding hydrogens is 545 g/mol. The minimum atomic E-state index is -0.539. The van der Waals surface area contributed by atoms with Crippen LogP contribution in [0.25, 0.3) is 5.82 Å². The second-order valence-electron chi connectivity index (χ2n) is 9.32. The molecular formula is C24H24Cl3N5O3S. The van der Waals surface area contributed by atoms with Crippen molar-refractivity contribution in [3.8, 4) is 11.7 Å². The maximum atomic E-state index is 13.6. The number of rotatable bonds is 6. The van der Waals surface area contributed by atoms with Gasteiger partial charge in [-0.15, -0.1) is 5.10 Å². The molecule has 8 nitrogen and oxygen atoms in total. The number of amides is 2. The van der Waals surface area contributed by atoms with Gasteiger partial charge in [-0.3, -0.25) is 9.59 Å². The van der Waals surface area contributed by atoms with Crippen LogP contribution in [0.1, 0.15) is 47.2 Å². The molecule has 1 fully saturated rings. The van der Waals surface area contributed by atoms with Crippen LogP contribution < -0.4 is 15.4 Å². The number of aryl methyl sites for hydroxylation is 1. The number of anilines is 1. The standard InChI is InChI=1S/C24H24Cl3N5O3S/c1-12-5-13(25)6-16(22(33)30-24(2,3)4)20(12)29-23(34)18-8-19(35-15-10-36-11-15)31-32(18)21-17(27)7-14(26)9-28-21/h5-9,15H,10-11H2,1-4H3,(H,29,34)(H,30,33). The Morgan fingerprint density at radius 3 is 2.42 bits per heavy atom. The van der Waals surface area contributed by atoms with Gasteiger partial charge in [-0.2, -0.15) is 11.8 Å². The van der Waals surface area contributed by atoms with E-state index in [1.54, 1.807) is 24.8 Å². The number of halogens is 3. The molecule has 0 saturated carbocycles. The highest BCUT2D eigenvalue weighted by molar-refractivity contribution is 8.00. The predicted octanol–water partition coefficient (Wildman–Crippen LogP) is 5.81. The van der Waals surface area contributed by atoms with Crippen molar-refractivity contribution in [2.75, 3.05) is 16.8 Å². The van der Waals surface area contributed by atoms with Crippen LogP contribution in [0.4, 0.5) is 5.69 Å². The number of aromatic nitrogens is 3. The molecule has 190 valence electrons. The first-order valence-electron chi connectivity index (χ1n) is 11.0. The van der Waals surface area contributed by atoms with E-state index in [0.717, 1.165) is 11.5 Å². The smallest absolute Gasteiger partial charge is 0.274 e. The summed E-state index contributed by atoms with van der Waals surface area (Å²) in [6.45, 7) is 7.35. The Labute approximate surface area is 228 Å². The van der Waals surface area contributed by atoms with E-state index in [4.69, 9.17) is 39.5 Å². The first-order valence-corrected chi connectivity index (χ1v) is 13.3. The third-order valence-electron chi connectivity index (χ3n) is 5.08. The molecule has 2 amide bonds. The second-order valence-corrected chi connectivity index (χ2v) is 11.7. The lowest BCUT2D eigenvalue weighted by Gasteiger charge is -2.24. The molecule has 0 radical (unpaired) electrons. The van der Waals surface area contributed by atoms with Gasteiger partial charge in [0.2, 0.25) is 5.88 Å². The normalized spacial score (nSPS) is 13.8. The molecule has 3 heterocycles. The predicted molar refractivity (Wildman–Crippen MR) is 144 cm³/mol. The number of nitrogens with zero attached hydrogens (tertiary/aromatic N) is 3. The van der Waals surface area contributed by atoms with Crippen molar-refractivity contribution < 1.29 is 14.3 Å². The summed E-state index contributed by atoms with van der Waals surface area (Å²) in [7, 11) is 0. The number of carbonyl (C=O) groups excluding carboxylic acids is 2. The molecule has 1 aliphatic rings. The molecule has 0 bridgehead atoms. The van der Waals surface area contributed by atoms with Crippen LogP contribution in [0.15, 0.2) is 30.5 Å². The van der Waals surface area contributed by atoms with Crippen molar-refractivity contribution >= 4 is 64.1 Å². The summed E-state index contributed by atoms with van der Waals surface area (Å²) in [5.41, 5.74) is 0.805. The van der Waals surface area contributed by atoms with E-state index in [0.29, 0.717) is 21.3 Å². The molecule has 2 N–H and O–H groups in total. The Hall–Kier alpha value is -2.46. The van der Waals surface area contributed by atoms with Gasteiger partial charge in [-0.05, 0) is 51.5 Å². The summed E-state index contributed by atoms with van der Waals surface area (Å²) in [5.74, 6) is 1.24. The molecule has 2 aromatic heterocycles. The lowest BCUT2D eigenvalue weighted by atomic mass is 10.0. The van der Waals surface area contributed by atoms with Gasteiger partial charge in [-0.1, -0.05) is 34.8 Å². The third-order valence-corrected chi connectivity index (χ3v) is 6.99. The lowest BCUT2D eigenvalue weighted by molar-refractivity contribution is 0.0920. The van der Waals surface area contributed by atoms with E-state index in [9.17, 15) is 9.59 Å². The number of benzene rings is 1. The topological polar surface area (TPSA) is 98.1 Å². The first kappa shape index (κ1) is 26.6. The van der Waals surface area contributed by atoms with Crippen LogP contribution in [0.2, 0.25) is 15.1 Å². The zero-order chi connectivity index (χ0) is 26.2. The Balaban J connectivity index is 1.73.